The van der Waals surface area contributed by atoms with Crippen LogP contribution in [0.4, 0.5) is 0 Å². The van der Waals surface area contributed by atoms with Crippen LogP contribution in [0.15, 0.2) is 41.2 Å². The molecule has 1 amide bonds. The molecule has 1 N–H and O–H groups in total. The molecule has 0 unspecified atom stereocenters. The standard InChI is InChI=1S/C16H17N3O3/c1-22-12-6-4-11(5-7-12)14-3-2-10-19(14)16(21)13-8-9-15(20)18-17-13/h4-9,14H,2-3,10H2,1H3,(H,18,20)/t14-/m1/s1. The number of hydrogen-bond acceptors (Lipinski definition) is 4. The molecule has 0 aliphatic carbocycles. The Balaban J connectivity index is 1.84. The third-order valence-electron chi connectivity index (χ3n) is 3.91. The number of ether oxygens (including phenoxy) is 1. The predicted octanol–water partition coefficient (Wildman–Crippen LogP) is 1.76. The van der Waals surface area contributed by atoms with Crippen molar-refractivity contribution in [2.24, 2.45) is 0 Å². The summed E-state index contributed by atoms with van der Waals surface area (Å²) in [5.74, 6) is 0.636. The van der Waals surface area contributed by atoms with Gasteiger partial charge in [-0.2, -0.15) is 5.10 Å². The maximum absolute atomic E-state index is 12.6. The van der Waals surface area contributed by atoms with Crippen molar-refractivity contribution in [1.82, 2.24) is 15.1 Å². The van der Waals surface area contributed by atoms with Gasteiger partial charge in [0.05, 0.1) is 13.2 Å². The number of likely N-dealkylation sites (tertiary alicyclic amines) is 1. The highest BCUT2D eigenvalue weighted by Gasteiger charge is 2.31. The Labute approximate surface area is 127 Å². The van der Waals surface area contributed by atoms with E-state index in [1.165, 1.54) is 12.1 Å². The number of carbonyl (C=O) groups is 1. The fraction of sp³-hybridized carbons (Fsp3) is 0.312. The Hall–Kier alpha value is -2.63. The van der Waals surface area contributed by atoms with Gasteiger partial charge in [0.1, 0.15) is 11.4 Å². The second kappa shape index (κ2) is 6.01. The van der Waals surface area contributed by atoms with Gasteiger partial charge in [0.2, 0.25) is 0 Å². The summed E-state index contributed by atoms with van der Waals surface area (Å²) in [7, 11) is 1.63. The summed E-state index contributed by atoms with van der Waals surface area (Å²) in [6.07, 6.45) is 1.87. The van der Waals surface area contributed by atoms with Gasteiger partial charge >= 0.3 is 0 Å². The molecule has 3 rings (SSSR count). The molecule has 0 saturated carbocycles. The van der Waals surface area contributed by atoms with Gasteiger partial charge in [-0.3, -0.25) is 9.59 Å². The number of H-pyrrole nitrogens is 1. The zero-order chi connectivity index (χ0) is 15.5. The zero-order valence-corrected chi connectivity index (χ0v) is 12.3. The van der Waals surface area contributed by atoms with Crippen LogP contribution in [-0.2, 0) is 0 Å². The molecule has 22 heavy (non-hydrogen) atoms. The van der Waals surface area contributed by atoms with E-state index in [2.05, 4.69) is 10.2 Å². The Morgan fingerprint density at radius 3 is 2.68 bits per heavy atom. The van der Waals surface area contributed by atoms with E-state index in [4.69, 9.17) is 4.74 Å². The van der Waals surface area contributed by atoms with Crippen LogP contribution in [-0.4, -0.2) is 34.7 Å². The number of benzene rings is 1. The fourth-order valence-corrected chi connectivity index (χ4v) is 2.79. The Kier molecular flexibility index (Phi) is 3.91. The van der Waals surface area contributed by atoms with E-state index in [9.17, 15) is 9.59 Å². The lowest BCUT2D eigenvalue weighted by molar-refractivity contribution is 0.0728. The fourth-order valence-electron chi connectivity index (χ4n) is 2.79. The lowest BCUT2D eigenvalue weighted by Crippen LogP contribution is -2.31. The SMILES string of the molecule is COc1ccc([C@H]2CCCN2C(=O)c2ccc(=O)[nH]n2)cc1. The maximum atomic E-state index is 12.6. The average molecular weight is 299 g/mol. The smallest absolute Gasteiger partial charge is 0.274 e. The highest BCUT2D eigenvalue weighted by molar-refractivity contribution is 5.92. The normalized spacial score (nSPS) is 17.5. The van der Waals surface area contributed by atoms with Crippen molar-refractivity contribution in [1.29, 1.82) is 0 Å². The number of nitrogens with one attached hydrogen (secondary N) is 1. The van der Waals surface area contributed by atoms with Gasteiger partial charge in [-0.1, -0.05) is 12.1 Å². The second-order valence-electron chi connectivity index (χ2n) is 5.24. The minimum Gasteiger partial charge on any atom is -0.497 e. The van der Waals surface area contributed by atoms with E-state index in [1.54, 1.807) is 7.11 Å². The van der Waals surface area contributed by atoms with Crippen molar-refractivity contribution in [2.75, 3.05) is 13.7 Å². The van der Waals surface area contributed by atoms with Gasteiger partial charge in [-0.25, -0.2) is 5.10 Å². The predicted molar refractivity (Wildman–Crippen MR) is 80.9 cm³/mol. The Morgan fingerprint density at radius 1 is 1.27 bits per heavy atom. The van der Waals surface area contributed by atoms with E-state index >= 15 is 0 Å². The summed E-state index contributed by atoms with van der Waals surface area (Å²) < 4.78 is 5.16. The zero-order valence-electron chi connectivity index (χ0n) is 12.3. The molecule has 2 aromatic rings. The van der Waals surface area contributed by atoms with E-state index in [-0.39, 0.29) is 23.2 Å². The monoisotopic (exact) mass is 299 g/mol. The maximum Gasteiger partial charge on any atom is 0.274 e. The molecule has 1 aromatic heterocycles. The van der Waals surface area contributed by atoms with Crippen molar-refractivity contribution in [3.05, 3.63) is 58.0 Å². The quantitative estimate of drug-likeness (QED) is 0.937. The van der Waals surface area contributed by atoms with Gasteiger partial charge in [0, 0.05) is 12.6 Å². The van der Waals surface area contributed by atoms with Gasteiger partial charge < -0.3 is 9.64 Å². The molecule has 114 valence electrons. The third-order valence-corrected chi connectivity index (χ3v) is 3.91. The third kappa shape index (κ3) is 2.72. The molecule has 1 aromatic carbocycles. The molecule has 1 fully saturated rings. The van der Waals surface area contributed by atoms with Crippen molar-refractivity contribution in [3.63, 3.8) is 0 Å². The van der Waals surface area contributed by atoms with E-state index < -0.39 is 0 Å². The number of nitrogens with zero attached hydrogens (tertiary/aromatic N) is 2. The Bertz CT molecular complexity index is 704. The van der Waals surface area contributed by atoms with E-state index in [0.717, 1.165) is 24.2 Å². The van der Waals surface area contributed by atoms with Crippen molar-refractivity contribution in [3.8, 4) is 5.75 Å². The van der Waals surface area contributed by atoms with Crippen LogP contribution in [0.2, 0.25) is 0 Å². The van der Waals surface area contributed by atoms with Crippen LogP contribution in [0.25, 0.3) is 0 Å². The van der Waals surface area contributed by atoms with Crippen LogP contribution in [0.5, 0.6) is 5.75 Å². The first-order chi connectivity index (χ1) is 10.7. The second-order valence-corrected chi connectivity index (χ2v) is 5.24. The molecular weight excluding hydrogens is 282 g/mol. The topological polar surface area (TPSA) is 75.3 Å². The summed E-state index contributed by atoms with van der Waals surface area (Å²) in [4.78, 5) is 25.4. The van der Waals surface area contributed by atoms with Crippen LogP contribution in [0, 0.1) is 0 Å². The van der Waals surface area contributed by atoms with Crippen LogP contribution in [0.3, 0.4) is 0 Å². The number of amides is 1. The highest BCUT2D eigenvalue weighted by atomic mass is 16.5. The molecule has 1 aliphatic rings. The average Bonchev–Trinajstić information content (AvgIpc) is 3.04. The first-order valence-corrected chi connectivity index (χ1v) is 7.19. The molecular formula is C16H17N3O3. The molecule has 1 aliphatic heterocycles. The largest absolute Gasteiger partial charge is 0.497 e. The van der Waals surface area contributed by atoms with Crippen molar-refractivity contribution in [2.45, 2.75) is 18.9 Å². The molecule has 1 saturated heterocycles. The van der Waals surface area contributed by atoms with E-state index in [0.29, 0.717) is 6.54 Å². The van der Waals surface area contributed by atoms with Gasteiger partial charge in [0.15, 0.2) is 0 Å². The van der Waals surface area contributed by atoms with Gasteiger partial charge in [0.25, 0.3) is 11.5 Å². The Morgan fingerprint density at radius 2 is 2.05 bits per heavy atom. The summed E-state index contributed by atoms with van der Waals surface area (Å²) in [5.41, 5.74) is 1.03. The number of carbonyl (C=O) groups excluding carboxylic acids is 1. The molecule has 0 radical (unpaired) electrons. The summed E-state index contributed by atoms with van der Waals surface area (Å²) >= 11 is 0. The summed E-state index contributed by atoms with van der Waals surface area (Å²) in [6.45, 7) is 0.691. The summed E-state index contributed by atoms with van der Waals surface area (Å²) in [5, 5.41) is 6.13. The first-order valence-electron chi connectivity index (χ1n) is 7.19. The number of rotatable bonds is 3. The number of methoxy groups -OCH3 is 1. The molecule has 6 nitrogen and oxygen atoms in total. The van der Waals surface area contributed by atoms with Crippen LogP contribution in [0.1, 0.15) is 34.9 Å². The first kappa shape index (κ1) is 14.3. The van der Waals surface area contributed by atoms with Gasteiger partial charge in [-0.05, 0) is 36.6 Å². The summed E-state index contributed by atoms with van der Waals surface area (Å²) in [6, 6.07) is 10.6. The van der Waals surface area contributed by atoms with Crippen LogP contribution < -0.4 is 10.3 Å². The molecule has 6 heteroatoms. The van der Waals surface area contributed by atoms with Crippen molar-refractivity contribution < 1.29 is 9.53 Å². The van der Waals surface area contributed by atoms with Gasteiger partial charge in [-0.15, -0.1) is 0 Å². The van der Waals surface area contributed by atoms with Crippen LogP contribution >= 0.6 is 0 Å². The lowest BCUT2D eigenvalue weighted by atomic mass is 10.0. The number of aromatic amines is 1. The molecule has 0 bridgehead atoms. The highest BCUT2D eigenvalue weighted by Crippen LogP contribution is 2.33. The van der Waals surface area contributed by atoms with E-state index in [1.807, 2.05) is 29.2 Å². The number of aromatic nitrogens is 2. The van der Waals surface area contributed by atoms with Crippen molar-refractivity contribution >= 4 is 5.91 Å². The minimum absolute atomic E-state index is 0.0344. The number of hydrogen-bond donors (Lipinski definition) is 1. The lowest BCUT2D eigenvalue weighted by Gasteiger charge is -2.24. The molecule has 0 spiro atoms. The molecule has 2 heterocycles. The minimum atomic E-state index is -0.315. The molecule has 1 atom stereocenters.